The minimum Gasteiger partial charge on any atom is -0.378 e. The molecule has 60 heavy (non-hydrogen) atoms. The van der Waals surface area contributed by atoms with Gasteiger partial charge in [-0.1, -0.05) is 76.0 Å². The van der Waals surface area contributed by atoms with Crippen LogP contribution in [0.5, 0.6) is 0 Å². The quantitative estimate of drug-likeness (QED) is 0.223. The molecule has 0 aromatic carbocycles. The number of hydrogen-bond acceptors (Lipinski definition) is 8. The van der Waals surface area contributed by atoms with Crippen molar-refractivity contribution in [2.24, 2.45) is 0 Å². The molecule has 5 fully saturated rings. The molecule has 0 spiro atoms. The van der Waals surface area contributed by atoms with E-state index in [0.717, 1.165) is 56.1 Å². The Morgan fingerprint density at radius 3 is 0.817 bits per heavy atom. The van der Waals surface area contributed by atoms with Crippen molar-refractivity contribution in [1.29, 1.82) is 0 Å². The molecular weight excluding hydrogens is 741 g/mol. The van der Waals surface area contributed by atoms with Crippen molar-refractivity contribution in [2.45, 2.75) is 271 Å². The van der Waals surface area contributed by atoms with Gasteiger partial charge in [0.25, 0.3) is 0 Å². The number of nitrogens with zero attached hydrogens (tertiary/aromatic N) is 6. The lowest BCUT2D eigenvalue weighted by Gasteiger charge is -2.35. The highest BCUT2D eigenvalue weighted by atomic mass is 16.5. The molecule has 0 amide bonds. The number of likely N-dealkylation sites (N-methyl/N-ethyl adjacent to an activating group) is 2. The van der Waals surface area contributed by atoms with Crippen molar-refractivity contribution >= 4 is 0 Å². The molecule has 5 saturated heterocycles. The number of likely N-dealkylation sites (tertiary alicyclic amines) is 3. The molecule has 12 atom stereocenters. The van der Waals surface area contributed by atoms with Crippen molar-refractivity contribution in [3.05, 3.63) is 12.2 Å². The van der Waals surface area contributed by atoms with Crippen LogP contribution in [0, 0.1) is 0 Å². The van der Waals surface area contributed by atoms with E-state index in [-0.39, 0.29) is 44.6 Å². The third kappa shape index (κ3) is 26.3. The van der Waals surface area contributed by atoms with Gasteiger partial charge in [-0.25, -0.2) is 0 Å². The molecule has 8 heteroatoms. The molecule has 0 aromatic rings. The van der Waals surface area contributed by atoms with Gasteiger partial charge in [0.05, 0.1) is 19.8 Å². The van der Waals surface area contributed by atoms with Crippen molar-refractivity contribution in [2.75, 3.05) is 62.1 Å². The zero-order chi connectivity index (χ0) is 41.1. The van der Waals surface area contributed by atoms with Crippen LogP contribution in [0.4, 0.5) is 0 Å². The molecule has 6 heterocycles. The lowest BCUT2D eigenvalue weighted by molar-refractivity contribution is -0.0227. The van der Waals surface area contributed by atoms with Gasteiger partial charge < -0.3 is 29.1 Å². The molecule has 0 radical (unpaired) electrons. The molecule has 0 N–H and O–H groups in total. The van der Waals surface area contributed by atoms with E-state index in [2.05, 4.69) is 167 Å². The minimum absolute atomic E-state index is 0. The lowest BCUT2D eigenvalue weighted by atomic mass is 9.99. The van der Waals surface area contributed by atoms with E-state index in [9.17, 15) is 0 Å². The molecule has 6 rings (SSSR count). The second-order valence-electron chi connectivity index (χ2n) is 18.5. The maximum Gasteiger partial charge on any atom is 0.107 e. The van der Waals surface area contributed by atoms with Crippen LogP contribution >= 0.6 is 0 Å². The standard InChI is InChI=1S/C9H19N.C9H17N.C8H17N.C7H15NO.C7H15N.C6H13NO.6CH4/c2*1-8-6-4-5-7-9(2)10(8)3;1-7-5-4-6-8(2)9(7)3;1-6-4-9-5-7(2)8(6)3;1-6-4-5-7(2)8(6)3;1-5-4-8-6(2)7(5)3;;;;;;/h8-9H,4-7H2,1-3H3;4-5,8-9H,6-7H2,1-3H3;7-8H,4-6H2,1-3H3;6-7H,4-5H2,1-3H3;6-7H,4-5H2,1-3H3;5-6H,4H2,1-3H3;6*1H4. The van der Waals surface area contributed by atoms with Gasteiger partial charge in [-0.05, 0) is 177 Å². The van der Waals surface area contributed by atoms with E-state index in [1.807, 2.05) is 0 Å². The molecule has 6 aliphatic rings. The lowest BCUT2D eigenvalue weighted by Crippen LogP contribution is -2.46. The number of morpholine rings is 1. The molecule has 12 unspecified atom stereocenters. The minimum atomic E-state index is 0. The monoisotopic (exact) mass is 861 g/mol. The van der Waals surface area contributed by atoms with Gasteiger partial charge in [-0.3, -0.25) is 9.80 Å². The van der Waals surface area contributed by atoms with Crippen molar-refractivity contribution in [1.82, 2.24) is 29.4 Å². The molecule has 0 aliphatic carbocycles. The Labute approximate surface area is 382 Å². The fourth-order valence-electron chi connectivity index (χ4n) is 7.90. The summed E-state index contributed by atoms with van der Waals surface area (Å²) in [6, 6.07) is 8.10. The van der Waals surface area contributed by atoms with Crippen LogP contribution < -0.4 is 0 Å². The maximum atomic E-state index is 5.32. The number of rotatable bonds is 0. The summed E-state index contributed by atoms with van der Waals surface area (Å²) in [6.07, 6.45) is 19.9. The van der Waals surface area contributed by atoms with E-state index < -0.39 is 0 Å². The predicted molar refractivity (Wildman–Crippen MR) is 277 cm³/mol. The van der Waals surface area contributed by atoms with Crippen LogP contribution in [0.25, 0.3) is 0 Å². The fourth-order valence-corrected chi connectivity index (χ4v) is 7.90. The van der Waals surface area contributed by atoms with Crippen molar-refractivity contribution in [3.8, 4) is 0 Å². The van der Waals surface area contributed by atoms with Gasteiger partial charge >= 0.3 is 0 Å². The van der Waals surface area contributed by atoms with Gasteiger partial charge in [0.15, 0.2) is 0 Å². The third-order valence-corrected chi connectivity index (χ3v) is 14.4. The normalized spacial score (nSPS) is 34.8. The van der Waals surface area contributed by atoms with E-state index in [1.54, 1.807) is 0 Å². The van der Waals surface area contributed by atoms with Crippen LogP contribution in [0.3, 0.4) is 0 Å². The first-order chi connectivity index (χ1) is 25.3. The SMILES string of the molecule is C.C.C.C.C.C.CC1CC=CCC(C)N1C.CC1CCC(C)N1C.CC1CCCC(C)N1C.CC1CCCCC(C)N1C.CC1COC(C)N1C.CC1COCC(C)N1C. The maximum absolute atomic E-state index is 5.32. The summed E-state index contributed by atoms with van der Waals surface area (Å²) in [5.74, 6) is 0. The molecule has 0 aromatic heterocycles. The van der Waals surface area contributed by atoms with Crippen LogP contribution in [-0.2, 0) is 9.47 Å². The molecular formula is C52H120N6O2. The van der Waals surface area contributed by atoms with E-state index in [0.29, 0.717) is 36.4 Å². The van der Waals surface area contributed by atoms with E-state index in [4.69, 9.17) is 9.47 Å². The Morgan fingerprint density at radius 1 is 0.317 bits per heavy atom. The van der Waals surface area contributed by atoms with Crippen LogP contribution in [-0.4, -0.2) is 164 Å². The first-order valence-corrected chi connectivity index (χ1v) is 22.5. The molecule has 0 bridgehead atoms. The van der Waals surface area contributed by atoms with E-state index >= 15 is 0 Å². The average molecular weight is 862 g/mol. The van der Waals surface area contributed by atoms with Gasteiger partial charge in [-0.15, -0.1) is 0 Å². The first-order valence-electron chi connectivity index (χ1n) is 22.5. The highest BCUT2D eigenvalue weighted by molar-refractivity contribution is 4.93. The smallest absolute Gasteiger partial charge is 0.107 e. The van der Waals surface area contributed by atoms with Crippen LogP contribution in [0.15, 0.2) is 12.2 Å². The summed E-state index contributed by atoms with van der Waals surface area (Å²) in [4.78, 5) is 14.4. The summed E-state index contributed by atoms with van der Waals surface area (Å²) in [6.45, 7) is 29.7. The Bertz CT molecular complexity index is 859. The Balaban J connectivity index is -0.000000143. The first kappa shape index (κ1) is 71.1. The number of piperidine rings is 1. The summed E-state index contributed by atoms with van der Waals surface area (Å²) < 4.78 is 10.6. The van der Waals surface area contributed by atoms with E-state index in [1.165, 1.54) is 70.6 Å². The van der Waals surface area contributed by atoms with Gasteiger partial charge in [0, 0.05) is 66.5 Å². The zero-order valence-corrected chi connectivity index (χ0v) is 39.5. The highest BCUT2D eigenvalue weighted by Crippen LogP contribution is 2.22. The van der Waals surface area contributed by atoms with Crippen LogP contribution in [0.1, 0.15) is 198 Å². The largest absolute Gasteiger partial charge is 0.378 e. The fraction of sp³-hybridized carbons (Fsp3) is 0.962. The summed E-state index contributed by atoms with van der Waals surface area (Å²) in [5, 5.41) is 0. The van der Waals surface area contributed by atoms with Gasteiger partial charge in [0.1, 0.15) is 6.23 Å². The molecule has 0 saturated carbocycles. The zero-order valence-electron chi connectivity index (χ0n) is 39.5. The second kappa shape index (κ2) is 37.8. The molecule has 6 aliphatic heterocycles. The molecule has 370 valence electrons. The molecule has 8 nitrogen and oxygen atoms in total. The second-order valence-corrected chi connectivity index (χ2v) is 18.5. The third-order valence-electron chi connectivity index (χ3n) is 14.4. The van der Waals surface area contributed by atoms with Crippen LogP contribution in [0.2, 0.25) is 0 Å². The van der Waals surface area contributed by atoms with Crippen molar-refractivity contribution < 1.29 is 9.47 Å². The summed E-state index contributed by atoms with van der Waals surface area (Å²) >= 11 is 0. The summed E-state index contributed by atoms with van der Waals surface area (Å²) in [5.41, 5.74) is 0. The Morgan fingerprint density at radius 2 is 0.583 bits per heavy atom. The van der Waals surface area contributed by atoms with Gasteiger partial charge in [-0.2, -0.15) is 0 Å². The average Bonchev–Trinajstić information content (AvgIpc) is 3.48. The predicted octanol–water partition coefficient (Wildman–Crippen LogP) is 12.9. The number of ether oxygens (including phenoxy) is 2. The number of hydrogen-bond donors (Lipinski definition) is 0. The Hall–Kier alpha value is -0.580. The summed E-state index contributed by atoms with van der Waals surface area (Å²) in [7, 11) is 13.1. The van der Waals surface area contributed by atoms with Gasteiger partial charge in [0.2, 0.25) is 0 Å². The highest BCUT2D eigenvalue weighted by Gasteiger charge is 2.24. The van der Waals surface area contributed by atoms with Crippen molar-refractivity contribution in [3.63, 3.8) is 0 Å². The Kier molecular flexibility index (Phi) is 44.7. The topological polar surface area (TPSA) is 37.9 Å².